The molecule has 5 rings (SSSR count). The lowest BCUT2D eigenvalue weighted by Crippen LogP contribution is -2.56. The van der Waals surface area contributed by atoms with E-state index in [0.29, 0.717) is 24.5 Å². The van der Waals surface area contributed by atoms with E-state index in [-0.39, 0.29) is 11.8 Å². The zero-order valence-electron chi connectivity index (χ0n) is 18.8. The fourth-order valence-electron chi connectivity index (χ4n) is 4.80. The number of aromatic amines is 1. The van der Waals surface area contributed by atoms with Gasteiger partial charge in [-0.25, -0.2) is 0 Å². The first-order valence-electron chi connectivity index (χ1n) is 11.6. The second-order valence-electron chi connectivity index (χ2n) is 9.31. The third-order valence-electron chi connectivity index (χ3n) is 7.10. The van der Waals surface area contributed by atoms with Crippen LogP contribution >= 0.6 is 11.6 Å². The van der Waals surface area contributed by atoms with E-state index in [1.807, 2.05) is 53.6 Å². The zero-order chi connectivity index (χ0) is 23.0. The van der Waals surface area contributed by atoms with Gasteiger partial charge in [-0.05, 0) is 49.2 Å². The largest absolute Gasteiger partial charge is 0.361 e. The highest BCUT2D eigenvalue weighted by molar-refractivity contribution is 6.30. The van der Waals surface area contributed by atoms with Crippen molar-refractivity contribution in [2.45, 2.75) is 30.7 Å². The summed E-state index contributed by atoms with van der Waals surface area (Å²) in [6.07, 6.45) is 3.97. The van der Waals surface area contributed by atoms with E-state index < -0.39 is 11.5 Å². The number of rotatable bonds is 6. The molecule has 172 valence electrons. The molecule has 2 N–H and O–H groups in total. The van der Waals surface area contributed by atoms with Gasteiger partial charge in [-0.15, -0.1) is 0 Å². The number of hydrogen-bond donors (Lipinski definition) is 2. The van der Waals surface area contributed by atoms with Gasteiger partial charge >= 0.3 is 0 Å². The van der Waals surface area contributed by atoms with Crippen molar-refractivity contribution in [2.75, 3.05) is 33.2 Å². The predicted molar refractivity (Wildman–Crippen MR) is 130 cm³/mol. The Morgan fingerprint density at radius 1 is 1.06 bits per heavy atom. The van der Waals surface area contributed by atoms with E-state index in [2.05, 4.69) is 28.3 Å². The lowest BCUT2D eigenvalue weighted by atomic mass is 9.94. The van der Waals surface area contributed by atoms with Crippen molar-refractivity contribution in [3.63, 3.8) is 0 Å². The number of nitrogens with zero attached hydrogens (tertiary/aromatic N) is 2. The molecule has 33 heavy (non-hydrogen) atoms. The third-order valence-corrected chi connectivity index (χ3v) is 7.35. The molecule has 0 bridgehead atoms. The molecule has 2 amide bonds. The topological polar surface area (TPSA) is 68.4 Å². The second-order valence-corrected chi connectivity index (χ2v) is 9.74. The lowest BCUT2D eigenvalue weighted by Gasteiger charge is -2.35. The van der Waals surface area contributed by atoms with Gasteiger partial charge in [0.05, 0.1) is 5.41 Å². The number of amides is 2. The molecule has 3 aromatic rings. The van der Waals surface area contributed by atoms with E-state index in [1.165, 1.54) is 0 Å². The van der Waals surface area contributed by atoms with Crippen LogP contribution in [0.15, 0.2) is 54.7 Å². The molecule has 2 heterocycles. The van der Waals surface area contributed by atoms with E-state index >= 15 is 0 Å². The van der Waals surface area contributed by atoms with Crippen LogP contribution in [0.1, 0.15) is 24.0 Å². The lowest BCUT2D eigenvalue weighted by molar-refractivity contribution is -0.138. The number of fused-ring (bicyclic) bond motifs is 1. The number of para-hydroxylation sites is 1. The molecule has 1 aliphatic carbocycles. The Kier molecular flexibility index (Phi) is 5.89. The standard InChI is InChI=1S/C26H29ClN4O2/c1-30-12-14-31(15-13-30)24(32)23(16-18-17-28-22-5-3-2-4-21(18)22)29-25(33)26(10-11-26)19-6-8-20(27)9-7-19/h2-9,17,23,28H,10-16H2,1H3,(H,29,33)/t23-/m0/s1. The van der Waals surface area contributed by atoms with Gasteiger partial charge in [0, 0.05) is 54.7 Å². The SMILES string of the molecule is CN1CCN(C(=O)[C@H](Cc2c[nH]c3ccccc23)NC(=O)C2(c3ccc(Cl)cc3)CC2)CC1. The average Bonchev–Trinajstić information content (AvgIpc) is 3.55. The summed E-state index contributed by atoms with van der Waals surface area (Å²) < 4.78 is 0. The van der Waals surface area contributed by atoms with Crippen LogP contribution in [-0.2, 0) is 21.4 Å². The summed E-state index contributed by atoms with van der Waals surface area (Å²) in [5.41, 5.74) is 2.47. The maximum absolute atomic E-state index is 13.6. The Morgan fingerprint density at radius 3 is 2.45 bits per heavy atom. The van der Waals surface area contributed by atoms with Crippen LogP contribution in [0.25, 0.3) is 10.9 Å². The Labute approximate surface area is 198 Å². The van der Waals surface area contributed by atoms with Crippen molar-refractivity contribution >= 4 is 34.3 Å². The molecule has 0 radical (unpaired) electrons. The minimum absolute atomic E-state index is 0.00589. The smallest absolute Gasteiger partial charge is 0.245 e. The normalized spacial score (nSPS) is 18.8. The first kappa shape index (κ1) is 22.0. The molecule has 1 aliphatic heterocycles. The highest BCUT2D eigenvalue weighted by atomic mass is 35.5. The number of H-pyrrole nitrogens is 1. The number of halogens is 1. The summed E-state index contributed by atoms with van der Waals surface area (Å²) >= 11 is 6.05. The van der Waals surface area contributed by atoms with E-state index in [4.69, 9.17) is 11.6 Å². The minimum Gasteiger partial charge on any atom is -0.361 e. The molecule has 0 unspecified atom stereocenters. The molecule has 2 aromatic carbocycles. The Bertz CT molecular complexity index is 1160. The molecule has 7 heteroatoms. The Morgan fingerprint density at radius 2 is 1.76 bits per heavy atom. The minimum atomic E-state index is -0.607. The van der Waals surface area contributed by atoms with Crippen LogP contribution < -0.4 is 5.32 Å². The monoisotopic (exact) mass is 464 g/mol. The van der Waals surface area contributed by atoms with Crippen molar-refractivity contribution in [2.24, 2.45) is 0 Å². The van der Waals surface area contributed by atoms with Crippen LogP contribution in [0.5, 0.6) is 0 Å². The highest BCUT2D eigenvalue weighted by Gasteiger charge is 2.52. The molecular weight excluding hydrogens is 436 g/mol. The zero-order valence-corrected chi connectivity index (χ0v) is 19.6. The fourth-order valence-corrected chi connectivity index (χ4v) is 4.93. The first-order chi connectivity index (χ1) is 16.0. The second kappa shape index (κ2) is 8.84. The van der Waals surface area contributed by atoms with E-state index in [0.717, 1.165) is 48.0 Å². The van der Waals surface area contributed by atoms with Gasteiger partial charge < -0.3 is 20.1 Å². The summed E-state index contributed by atoms with van der Waals surface area (Å²) in [4.78, 5) is 34.5. The molecule has 2 fully saturated rings. The molecule has 1 atom stereocenters. The maximum Gasteiger partial charge on any atom is 0.245 e. The van der Waals surface area contributed by atoms with Crippen LogP contribution in [0.3, 0.4) is 0 Å². The van der Waals surface area contributed by atoms with Crippen LogP contribution in [0.2, 0.25) is 5.02 Å². The van der Waals surface area contributed by atoms with Gasteiger partial charge in [0.15, 0.2) is 0 Å². The quantitative estimate of drug-likeness (QED) is 0.587. The Hall–Kier alpha value is -2.83. The van der Waals surface area contributed by atoms with Gasteiger partial charge in [-0.3, -0.25) is 9.59 Å². The molecule has 2 aliphatic rings. The molecule has 1 saturated carbocycles. The molecular formula is C26H29ClN4O2. The van der Waals surface area contributed by atoms with Crippen molar-refractivity contribution in [3.05, 3.63) is 70.9 Å². The van der Waals surface area contributed by atoms with E-state index in [9.17, 15) is 9.59 Å². The fraction of sp³-hybridized carbons (Fsp3) is 0.385. The number of likely N-dealkylation sites (N-methyl/N-ethyl adjacent to an activating group) is 1. The van der Waals surface area contributed by atoms with Gasteiger partial charge in [0.25, 0.3) is 0 Å². The summed E-state index contributed by atoms with van der Waals surface area (Å²) in [5.74, 6) is -0.0780. The van der Waals surface area contributed by atoms with E-state index in [1.54, 1.807) is 0 Å². The summed E-state index contributed by atoms with van der Waals surface area (Å²) in [5, 5.41) is 4.89. The van der Waals surface area contributed by atoms with Gasteiger partial charge in [0.1, 0.15) is 6.04 Å². The number of hydrogen-bond acceptors (Lipinski definition) is 3. The molecule has 6 nitrogen and oxygen atoms in total. The maximum atomic E-state index is 13.6. The number of benzene rings is 2. The van der Waals surface area contributed by atoms with Crippen LogP contribution in [-0.4, -0.2) is 65.9 Å². The molecule has 1 saturated heterocycles. The number of aromatic nitrogens is 1. The summed E-state index contributed by atoms with van der Waals surface area (Å²) in [7, 11) is 2.07. The van der Waals surface area contributed by atoms with Gasteiger partial charge in [-0.2, -0.15) is 0 Å². The summed E-state index contributed by atoms with van der Waals surface area (Å²) in [6, 6.07) is 14.9. The first-order valence-corrected chi connectivity index (χ1v) is 11.9. The van der Waals surface area contributed by atoms with Gasteiger partial charge in [-0.1, -0.05) is 41.9 Å². The van der Waals surface area contributed by atoms with Gasteiger partial charge in [0.2, 0.25) is 11.8 Å². The number of nitrogens with one attached hydrogen (secondary N) is 2. The third kappa shape index (κ3) is 4.37. The van der Waals surface area contributed by atoms with Crippen LogP contribution in [0.4, 0.5) is 0 Å². The summed E-state index contributed by atoms with van der Waals surface area (Å²) in [6.45, 7) is 3.04. The predicted octanol–water partition coefficient (Wildman–Crippen LogP) is 3.35. The average molecular weight is 465 g/mol. The van der Waals surface area contributed by atoms with Crippen molar-refractivity contribution in [1.82, 2.24) is 20.1 Å². The number of piperazine rings is 1. The Balaban J connectivity index is 1.40. The van der Waals surface area contributed by atoms with Crippen molar-refractivity contribution in [1.29, 1.82) is 0 Å². The molecule has 1 aromatic heterocycles. The number of carbonyl (C=O) groups excluding carboxylic acids is 2. The molecule has 0 spiro atoms. The van der Waals surface area contributed by atoms with Crippen molar-refractivity contribution < 1.29 is 9.59 Å². The highest BCUT2D eigenvalue weighted by Crippen LogP contribution is 2.48. The van der Waals surface area contributed by atoms with Crippen LogP contribution in [0, 0.1) is 0 Å². The number of carbonyl (C=O) groups is 2. The van der Waals surface area contributed by atoms with Crippen molar-refractivity contribution in [3.8, 4) is 0 Å².